The predicted octanol–water partition coefficient (Wildman–Crippen LogP) is 5.79. The number of methoxy groups -OCH3 is 1. The smallest absolute Gasteiger partial charge is 0.350 e. The monoisotopic (exact) mass is 695 g/mol. The Morgan fingerprint density at radius 2 is 1.84 bits per heavy atom. The summed E-state index contributed by atoms with van der Waals surface area (Å²) in [6.07, 6.45) is -0.0126. The van der Waals surface area contributed by atoms with Gasteiger partial charge in [0.2, 0.25) is 6.10 Å². The Hall–Kier alpha value is -5.21. The summed E-state index contributed by atoms with van der Waals surface area (Å²) >= 11 is 6.23. The van der Waals surface area contributed by atoms with Crippen LogP contribution in [0.2, 0.25) is 5.02 Å². The molecule has 0 aliphatic carbocycles. The molecule has 260 valence electrons. The van der Waals surface area contributed by atoms with Gasteiger partial charge in [-0.2, -0.15) is 5.01 Å². The van der Waals surface area contributed by atoms with E-state index in [1.165, 1.54) is 25.2 Å². The van der Waals surface area contributed by atoms with Gasteiger partial charge in [-0.15, -0.1) is 0 Å². The van der Waals surface area contributed by atoms with Gasteiger partial charge in [0.25, 0.3) is 17.5 Å². The number of carbonyl (C=O) groups is 4. The van der Waals surface area contributed by atoms with Crippen molar-refractivity contribution in [2.45, 2.75) is 39.7 Å². The SMILES string of the molecule is CCCCOCC1CN(c2ccc(OC)cc2)N(C(=O)N(C)c2cc([N+](=O)[O-])ccc2OC(C(C)=O)C(=O)Nc2cc(C)ccc2Cl)C1=O. The van der Waals surface area contributed by atoms with Crippen LogP contribution in [0.3, 0.4) is 0 Å². The number of anilines is 3. The third kappa shape index (κ3) is 8.64. The van der Waals surface area contributed by atoms with E-state index in [0.29, 0.717) is 18.0 Å². The van der Waals surface area contributed by atoms with Gasteiger partial charge in [-0.3, -0.25) is 34.4 Å². The molecule has 49 heavy (non-hydrogen) atoms. The topological polar surface area (TPSA) is 161 Å². The molecule has 14 nitrogen and oxygen atoms in total. The molecule has 0 bridgehead atoms. The van der Waals surface area contributed by atoms with Crippen molar-refractivity contribution in [1.82, 2.24) is 5.01 Å². The minimum absolute atomic E-state index is 0.0739. The van der Waals surface area contributed by atoms with E-state index in [9.17, 15) is 29.3 Å². The number of hydrazine groups is 1. The molecule has 4 amide bonds. The molecule has 0 saturated carbocycles. The number of ether oxygens (including phenoxy) is 3. The summed E-state index contributed by atoms with van der Waals surface area (Å²) in [5, 5.41) is 17.0. The Labute approximate surface area is 288 Å². The molecule has 2 unspecified atom stereocenters. The standard InChI is InChI=1S/C34H38ClN5O9/c1-6-7-16-48-20-23-19-38(24-9-12-26(47-5)13-10-24)39(33(23)43)34(44)37(4)29-18-25(40(45)46)11-15-30(29)49-31(22(3)41)32(42)36-28-17-21(2)8-14-27(28)35/h8-15,17-18,23,31H,6-7,16,19-20H2,1-5H3,(H,36,42). The van der Waals surface area contributed by atoms with E-state index in [2.05, 4.69) is 5.32 Å². The summed E-state index contributed by atoms with van der Waals surface area (Å²) in [5.41, 5.74) is 0.978. The summed E-state index contributed by atoms with van der Waals surface area (Å²) in [7, 11) is 2.81. The fourth-order valence-electron chi connectivity index (χ4n) is 5.04. The van der Waals surface area contributed by atoms with Crippen LogP contribution < -0.4 is 24.7 Å². The second-order valence-electron chi connectivity index (χ2n) is 11.4. The molecule has 1 fully saturated rings. The number of urea groups is 1. The molecule has 3 aromatic carbocycles. The first-order valence-electron chi connectivity index (χ1n) is 15.5. The Morgan fingerprint density at radius 1 is 1.12 bits per heavy atom. The lowest BCUT2D eigenvalue weighted by molar-refractivity contribution is -0.384. The van der Waals surface area contributed by atoms with Crippen LogP contribution in [0.1, 0.15) is 32.3 Å². The predicted molar refractivity (Wildman–Crippen MR) is 183 cm³/mol. The van der Waals surface area contributed by atoms with Crippen LogP contribution >= 0.6 is 11.6 Å². The van der Waals surface area contributed by atoms with Crippen LogP contribution in [0.25, 0.3) is 0 Å². The van der Waals surface area contributed by atoms with E-state index >= 15 is 0 Å². The van der Waals surface area contributed by atoms with E-state index in [0.717, 1.165) is 47.4 Å². The number of hydrogen-bond donors (Lipinski definition) is 1. The summed E-state index contributed by atoms with van der Waals surface area (Å²) in [4.78, 5) is 66.1. The Morgan fingerprint density at radius 3 is 2.47 bits per heavy atom. The number of carbonyl (C=O) groups excluding carboxylic acids is 4. The summed E-state index contributed by atoms with van der Waals surface area (Å²) in [6, 6.07) is 14.1. The van der Waals surface area contributed by atoms with Gasteiger partial charge >= 0.3 is 6.03 Å². The van der Waals surface area contributed by atoms with Gasteiger partial charge < -0.3 is 19.5 Å². The van der Waals surface area contributed by atoms with Crippen molar-refractivity contribution in [3.8, 4) is 11.5 Å². The molecule has 1 heterocycles. The van der Waals surface area contributed by atoms with E-state index < -0.39 is 46.3 Å². The number of nitrogens with zero attached hydrogens (tertiary/aromatic N) is 4. The quantitative estimate of drug-likeness (QED) is 0.0946. The van der Waals surface area contributed by atoms with Crippen molar-refractivity contribution < 1.29 is 38.3 Å². The molecule has 4 rings (SSSR count). The first-order chi connectivity index (χ1) is 23.4. The normalized spacial score (nSPS) is 14.7. The summed E-state index contributed by atoms with van der Waals surface area (Å²) in [5.74, 6) is -2.43. The number of hydrogen-bond acceptors (Lipinski definition) is 10. The number of aryl methyl sites for hydroxylation is 1. The number of nitro benzene ring substituents is 1. The molecule has 0 spiro atoms. The van der Waals surface area contributed by atoms with Gasteiger partial charge in [0.15, 0.2) is 5.78 Å². The molecule has 1 N–H and O–H groups in total. The molecule has 1 aliphatic heterocycles. The number of ketones is 1. The van der Waals surface area contributed by atoms with E-state index in [4.69, 9.17) is 25.8 Å². The minimum Gasteiger partial charge on any atom is -0.497 e. The third-order valence-electron chi connectivity index (χ3n) is 7.74. The van der Waals surface area contributed by atoms with Crippen LogP contribution in [-0.2, 0) is 19.1 Å². The van der Waals surface area contributed by atoms with Gasteiger partial charge in [-0.05, 0) is 68.3 Å². The number of Topliss-reactive ketones (excluding diaryl/α,β-unsaturated/α-hetero) is 1. The molecule has 3 aromatic rings. The van der Waals surface area contributed by atoms with Crippen LogP contribution in [0.5, 0.6) is 11.5 Å². The zero-order valence-electron chi connectivity index (χ0n) is 27.8. The largest absolute Gasteiger partial charge is 0.497 e. The maximum atomic E-state index is 14.2. The Balaban J connectivity index is 1.69. The number of non-ortho nitro benzene ring substituents is 1. The van der Waals surface area contributed by atoms with E-state index in [1.807, 2.05) is 6.92 Å². The zero-order chi connectivity index (χ0) is 35.8. The highest BCUT2D eigenvalue weighted by molar-refractivity contribution is 6.34. The number of nitro groups is 1. The molecular weight excluding hydrogens is 658 g/mol. The number of rotatable bonds is 14. The summed E-state index contributed by atoms with van der Waals surface area (Å²) < 4.78 is 16.9. The maximum Gasteiger partial charge on any atom is 0.350 e. The second-order valence-corrected chi connectivity index (χ2v) is 11.8. The van der Waals surface area contributed by atoms with Crippen LogP contribution in [0, 0.1) is 23.0 Å². The highest BCUT2D eigenvalue weighted by Crippen LogP contribution is 2.36. The maximum absolute atomic E-state index is 14.2. The average molecular weight is 696 g/mol. The lowest BCUT2D eigenvalue weighted by atomic mass is 10.1. The lowest BCUT2D eigenvalue weighted by Crippen LogP contribution is -2.50. The van der Waals surface area contributed by atoms with Crippen molar-refractivity contribution in [1.29, 1.82) is 0 Å². The molecule has 1 saturated heterocycles. The molecule has 0 radical (unpaired) electrons. The number of halogens is 1. The number of nitrogens with one attached hydrogen (secondary N) is 1. The van der Waals surface area contributed by atoms with Crippen LogP contribution in [-0.4, -0.2) is 73.6 Å². The van der Waals surface area contributed by atoms with Gasteiger partial charge in [0.1, 0.15) is 11.5 Å². The highest BCUT2D eigenvalue weighted by Gasteiger charge is 2.44. The van der Waals surface area contributed by atoms with E-state index in [1.54, 1.807) is 49.4 Å². The van der Waals surface area contributed by atoms with Crippen molar-refractivity contribution in [3.63, 3.8) is 0 Å². The first kappa shape index (κ1) is 36.6. The molecular formula is C34H38ClN5O9. The minimum atomic E-state index is -1.73. The Kier molecular flexibility index (Phi) is 12.2. The van der Waals surface area contributed by atoms with Gasteiger partial charge in [-0.25, -0.2) is 4.79 Å². The number of benzene rings is 3. The fraction of sp³-hybridized carbons (Fsp3) is 0.353. The summed E-state index contributed by atoms with van der Waals surface area (Å²) in [6.45, 7) is 5.59. The number of imide groups is 1. The van der Waals surface area contributed by atoms with Crippen LogP contribution in [0.15, 0.2) is 60.7 Å². The van der Waals surface area contributed by atoms with E-state index in [-0.39, 0.29) is 35.3 Å². The molecule has 2 atom stereocenters. The number of unbranched alkanes of at least 4 members (excludes halogenated alkanes) is 1. The Bertz CT molecular complexity index is 1720. The number of amides is 4. The van der Waals surface area contributed by atoms with Gasteiger partial charge in [-0.1, -0.05) is 31.0 Å². The molecule has 15 heteroatoms. The third-order valence-corrected chi connectivity index (χ3v) is 8.07. The van der Waals surface area contributed by atoms with Gasteiger partial charge in [0, 0.05) is 25.8 Å². The van der Waals surface area contributed by atoms with Gasteiger partial charge in [0.05, 0.1) is 53.2 Å². The molecule has 1 aliphatic rings. The van der Waals surface area contributed by atoms with Crippen LogP contribution in [0.4, 0.5) is 27.5 Å². The van der Waals surface area contributed by atoms with Crippen molar-refractivity contribution in [2.75, 3.05) is 49.1 Å². The average Bonchev–Trinajstić information content (AvgIpc) is 3.41. The second kappa shape index (κ2) is 16.3. The fourth-order valence-corrected chi connectivity index (χ4v) is 5.20. The van der Waals surface area contributed by atoms with Crippen molar-refractivity contribution in [3.05, 3.63) is 81.4 Å². The van der Waals surface area contributed by atoms with Crippen molar-refractivity contribution in [2.24, 2.45) is 5.92 Å². The molecule has 0 aromatic heterocycles. The first-order valence-corrected chi connectivity index (χ1v) is 15.9. The zero-order valence-corrected chi connectivity index (χ0v) is 28.6. The highest BCUT2D eigenvalue weighted by atomic mass is 35.5. The van der Waals surface area contributed by atoms with Crippen molar-refractivity contribution >= 4 is 58.0 Å². The lowest BCUT2D eigenvalue weighted by Gasteiger charge is -2.32.